The molecule has 1 aliphatic rings. The zero-order valence-electron chi connectivity index (χ0n) is 7.83. The Labute approximate surface area is 78.5 Å². The van der Waals surface area contributed by atoms with Gasteiger partial charge in [-0.05, 0) is 19.3 Å². The molecule has 0 bridgehead atoms. The molecule has 0 aromatic rings. The average Bonchev–Trinajstić information content (AvgIpc) is 2.52. The van der Waals surface area contributed by atoms with Crippen molar-refractivity contribution in [1.29, 1.82) is 0 Å². The van der Waals surface area contributed by atoms with Crippen molar-refractivity contribution >= 4 is 5.91 Å². The van der Waals surface area contributed by atoms with Gasteiger partial charge in [0.2, 0.25) is 5.91 Å². The lowest BCUT2D eigenvalue weighted by molar-refractivity contribution is -0.125. The van der Waals surface area contributed by atoms with Gasteiger partial charge in [0, 0.05) is 19.2 Å². The first kappa shape index (κ1) is 10.5. The number of rotatable bonds is 4. The van der Waals surface area contributed by atoms with Gasteiger partial charge >= 0.3 is 0 Å². The number of nitrogens with one attached hydrogen (secondary N) is 1. The summed E-state index contributed by atoms with van der Waals surface area (Å²) in [4.78, 5) is 11.5. The molecule has 76 valence electrons. The zero-order chi connectivity index (χ0) is 9.68. The van der Waals surface area contributed by atoms with E-state index in [0.717, 1.165) is 19.3 Å². The van der Waals surface area contributed by atoms with E-state index in [4.69, 9.17) is 10.8 Å². The molecular weight excluding hydrogens is 168 g/mol. The fourth-order valence-corrected chi connectivity index (χ4v) is 1.74. The number of hydrogen-bond acceptors (Lipinski definition) is 3. The Balaban J connectivity index is 2.22. The third-order valence-electron chi connectivity index (χ3n) is 2.54. The first-order valence-corrected chi connectivity index (χ1v) is 4.90. The van der Waals surface area contributed by atoms with Gasteiger partial charge in [-0.3, -0.25) is 4.79 Å². The van der Waals surface area contributed by atoms with Crippen LogP contribution in [0.15, 0.2) is 0 Å². The van der Waals surface area contributed by atoms with E-state index >= 15 is 0 Å². The molecule has 1 saturated carbocycles. The van der Waals surface area contributed by atoms with Crippen molar-refractivity contribution in [3.05, 3.63) is 0 Å². The first-order chi connectivity index (χ1) is 6.25. The molecule has 1 amide bonds. The molecule has 0 radical (unpaired) electrons. The van der Waals surface area contributed by atoms with Gasteiger partial charge < -0.3 is 16.2 Å². The molecule has 4 heteroatoms. The van der Waals surface area contributed by atoms with Gasteiger partial charge in [-0.25, -0.2) is 0 Å². The molecule has 0 aromatic carbocycles. The quantitative estimate of drug-likeness (QED) is 0.523. The maximum absolute atomic E-state index is 11.5. The molecule has 0 spiro atoms. The van der Waals surface area contributed by atoms with Crippen LogP contribution >= 0.6 is 0 Å². The predicted molar refractivity (Wildman–Crippen MR) is 50.0 cm³/mol. The molecule has 13 heavy (non-hydrogen) atoms. The van der Waals surface area contributed by atoms with Crippen molar-refractivity contribution in [3.8, 4) is 0 Å². The molecule has 4 N–H and O–H groups in total. The van der Waals surface area contributed by atoms with Crippen LogP contribution in [-0.2, 0) is 4.79 Å². The van der Waals surface area contributed by atoms with E-state index in [1.165, 1.54) is 0 Å². The van der Waals surface area contributed by atoms with E-state index in [1.54, 1.807) is 0 Å². The van der Waals surface area contributed by atoms with Gasteiger partial charge in [0.05, 0.1) is 5.92 Å². The lowest BCUT2D eigenvalue weighted by Crippen LogP contribution is -2.39. The lowest BCUT2D eigenvalue weighted by atomic mass is 10.0. The summed E-state index contributed by atoms with van der Waals surface area (Å²) in [5, 5.41) is 11.3. The van der Waals surface area contributed by atoms with E-state index in [2.05, 4.69) is 5.32 Å². The zero-order valence-corrected chi connectivity index (χ0v) is 7.83. The summed E-state index contributed by atoms with van der Waals surface area (Å²) in [6, 6.07) is 0.0362. The third-order valence-corrected chi connectivity index (χ3v) is 2.54. The molecule has 0 saturated heterocycles. The summed E-state index contributed by atoms with van der Waals surface area (Å²) in [5.41, 5.74) is 5.77. The molecule has 1 fully saturated rings. The van der Waals surface area contributed by atoms with Crippen LogP contribution in [0.25, 0.3) is 0 Å². The monoisotopic (exact) mass is 186 g/mol. The van der Waals surface area contributed by atoms with Crippen molar-refractivity contribution in [2.45, 2.75) is 31.7 Å². The van der Waals surface area contributed by atoms with E-state index in [0.29, 0.717) is 13.0 Å². The Hall–Kier alpha value is -0.610. The third kappa shape index (κ3) is 2.97. The van der Waals surface area contributed by atoms with Crippen molar-refractivity contribution in [2.75, 3.05) is 13.2 Å². The summed E-state index contributed by atoms with van der Waals surface area (Å²) in [6.07, 6.45) is 3.54. The fraction of sp³-hybridized carbons (Fsp3) is 0.889. The number of carbonyl (C=O) groups excluding carboxylic acids is 1. The second kappa shape index (κ2) is 5.19. The van der Waals surface area contributed by atoms with E-state index < -0.39 is 0 Å². The van der Waals surface area contributed by atoms with Crippen LogP contribution in [0, 0.1) is 5.92 Å². The lowest BCUT2D eigenvalue weighted by Gasteiger charge is -2.14. The average molecular weight is 186 g/mol. The molecule has 2 atom stereocenters. The highest BCUT2D eigenvalue weighted by Crippen LogP contribution is 2.23. The summed E-state index contributed by atoms with van der Waals surface area (Å²) in [5.74, 6) is 0.0529. The maximum Gasteiger partial charge on any atom is 0.224 e. The van der Waals surface area contributed by atoms with Crippen LogP contribution in [0.1, 0.15) is 25.7 Å². The number of hydrogen-bond donors (Lipinski definition) is 3. The van der Waals surface area contributed by atoms with Gasteiger partial charge in [-0.1, -0.05) is 6.42 Å². The largest absolute Gasteiger partial charge is 0.396 e. The number of carbonyl (C=O) groups is 1. The molecular formula is C9H18N2O2. The van der Waals surface area contributed by atoms with Crippen molar-refractivity contribution in [2.24, 2.45) is 11.7 Å². The van der Waals surface area contributed by atoms with E-state index in [1.807, 2.05) is 0 Å². The van der Waals surface area contributed by atoms with Gasteiger partial charge in [0.25, 0.3) is 0 Å². The van der Waals surface area contributed by atoms with Crippen LogP contribution in [-0.4, -0.2) is 30.2 Å². The van der Waals surface area contributed by atoms with E-state index in [-0.39, 0.29) is 24.5 Å². The standard InChI is InChI=1S/C9H18N2O2/c10-8-4-1-3-7(8)9(13)11-5-2-6-12/h7-8,12H,1-6,10H2,(H,11,13). The molecule has 0 heterocycles. The van der Waals surface area contributed by atoms with Gasteiger partial charge in [0.1, 0.15) is 0 Å². The molecule has 4 nitrogen and oxygen atoms in total. The Bertz CT molecular complexity index is 173. The number of aliphatic hydroxyl groups excluding tert-OH is 1. The van der Waals surface area contributed by atoms with Crippen molar-refractivity contribution in [1.82, 2.24) is 5.32 Å². The van der Waals surface area contributed by atoms with Gasteiger partial charge in [-0.15, -0.1) is 0 Å². The predicted octanol–water partition coefficient (Wildman–Crippen LogP) is -0.388. The number of nitrogens with two attached hydrogens (primary N) is 1. The number of amides is 1. The fourth-order valence-electron chi connectivity index (χ4n) is 1.74. The summed E-state index contributed by atoms with van der Waals surface area (Å²) in [7, 11) is 0. The molecule has 0 aliphatic heterocycles. The highest BCUT2D eigenvalue weighted by atomic mass is 16.3. The summed E-state index contributed by atoms with van der Waals surface area (Å²) < 4.78 is 0. The minimum atomic E-state index is -0.00121. The molecule has 1 aliphatic carbocycles. The minimum Gasteiger partial charge on any atom is -0.396 e. The molecule has 0 aromatic heterocycles. The highest BCUT2D eigenvalue weighted by Gasteiger charge is 2.29. The summed E-state index contributed by atoms with van der Waals surface area (Å²) >= 11 is 0. The normalized spacial score (nSPS) is 27.5. The maximum atomic E-state index is 11.5. The van der Waals surface area contributed by atoms with E-state index in [9.17, 15) is 4.79 Å². The summed E-state index contributed by atoms with van der Waals surface area (Å²) in [6.45, 7) is 0.676. The topological polar surface area (TPSA) is 75.4 Å². The second-order valence-electron chi connectivity index (χ2n) is 3.57. The van der Waals surface area contributed by atoms with Crippen LogP contribution in [0.2, 0.25) is 0 Å². The van der Waals surface area contributed by atoms with Crippen LogP contribution < -0.4 is 11.1 Å². The van der Waals surface area contributed by atoms with Crippen LogP contribution in [0.3, 0.4) is 0 Å². The smallest absolute Gasteiger partial charge is 0.224 e. The Kier molecular flexibility index (Phi) is 4.18. The SMILES string of the molecule is NC1CCCC1C(=O)NCCCO. The highest BCUT2D eigenvalue weighted by molar-refractivity contribution is 5.79. The molecule has 2 unspecified atom stereocenters. The van der Waals surface area contributed by atoms with Crippen LogP contribution in [0.4, 0.5) is 0 Å². The first-order valence-electron chi connectivity index (χ1n) is 4.90. The van der Waals surface area contributed by atoms with Gasteiger partial charge in [0.15, 0.2) is 0 Å². The Morgan fingerprint density at radius 2 is 2.31 bits per heavy atom. The second-order valence-corrected chi connectivity index (χ2v) is 3.57. The Morgan fingerprint density at radius 1 is 1.54 bits per heavy atom. The van der Waals surface area contributed by atoms with Gasteiger partial charge in [-0.2, -0.15) is 0 Å². The molecule has 1 rings (SSSR count). The van der Waals surface area contributed by atoms with Crippen molar-refractivity contribution < 1.29 is 9.90 Å². The minimum absolute atomic E-state index is 0.00121. The van der Waals surface area contributed by atoms with Crippen molar-refractivity contribution in [3.63, 3.8) is 0 Å². The van der Waals surface area contributed by atoms with Crippen LogP contribution in [0.5, 0.6) is 0 Å². The Morgan fingerprint density at radius 3 is 2.85 bits per heavy atom. The number of aliphatic hydroxyl groups is 1.